The fraction of sp³-hybridized carbons (Fsp3) is 0.286. The Morgan fingerprint density at radius 3 is 2.78 bits per heavy atom. The van der Waals surface area contributed by atoms with Gasteiger partial charge >= 0.3 is 0 Å². The Kier molecular flexibility index (Phi) is 3.46. The number of likely N-dealkylation sites (N-methyl/N-ethyl adjacent to an activating group) is 1. The van der Waals surface area contributed by atoms with E-state index in [-0.39, 0.29) is 5.91 Å². The molecule has 0 fully saturated rings. The lowest BCUT2D eigenvalue weighted by molar-refractivity contribution is -0.126. The fourth-order valence-electron chi connectivity index (χ4n) is 1.78. The van der Waals surface area contributed by atoms with Gasteiger partial charge in [-0.15, -0.1) is 0 Å². The molecule has 2 aromatic rings. The molecule has 1 N–H and O–H groups in total. The van der Waals surface area contributed by atoms with Crippen molar-refractivity contribution in [2.75, 3.05) is 26.0 Å². The number of carbonyl (C=O) groups excluding carboxylic acids is 1. The minimum absolute atomic E-state index is 0.0496. The van der Waals surface area contributed by atoms with E-state index in [0.29, 0.717) is 6.54 Å². The summed E-state index contributed by atoms with van der Waals surface area (Å²) in [4.78, 5) is 17.6. The third-order valence-corrected chi connectivity index (χ3v) is 2.77. The number of aromatic nitrogens is 1. The first-order valence-electron chi connectivity index (χ1n) is 5.88. The van der Waals surface area contributed by atoms with Gasteiger partial charge in [0.2, 0.25) is 5.91 Å². The number of hydrogen-bond acceptors (Lipinski definition) is 3. The number of pyridine rings is 1. The monoisotopic (exact) mass is 243 g/mol. The quantitative estimate of drug-likeness (QED) is 0.897. The number of amides is 1. The predicted octanol–water partition coefficient (Wildman–Crippen LogP) is 2.04. The summed E-state index contributed by atoms with van der Waals surface area (Å²) in [5, 5.41) is 4.22. The lowest BCUT2D eigenvalue weighted by atomic mass is 10.1. The normalized spacial score (nSPS) is 10.4. The number of hydrogen-bond donors (Lipinski definition) is 1. The summed E-state index contributed by atoms with van der Waals surface area (Å²) in [6, 6.07) is 9.87. The van der Waals surface area contributed by atoms with E-state index in [1.54, 1.807) is 19.0 Å². The second kappa shape index (κ2) is 5.04. The lowest BCUT2D eigenvalue weighted by Crippen LogP contribution is -2.28. The van der Waals surface area contributed by atoms with Crippen LogP contribution in [0.4, 0.5) is 5.69 Å². The zero-order chi connectivity index (χ0) is 13.1. The van der Waals surface area contributed by atoms with Gasteiger partial charge < -0.3 is 10.2 Å². The smallest absolute Gasteiger partial charge is 0.241 e. The van der Waals surface area contributed by atoms with Crippen molar-refractivity contribution >= 4 is 22.5 Å². The topological polar surface area (TPSA) is 45.2 Å². The number of carbonyl (C=O) groups is 1. The molecular weight excluding hydrogens is 226 g/mol. The molecule has 1 aromatic carbocycles. The van der Waals surface area contributed by atoms with Crippen LogP contribution in [0.25, 0.3) is 10.9 Å². The van der Waals surface area contributed by atoms with Crippen LogP contribution in [-0.4, -0.2) is 36.4 Å². The maximum absolute atomic E-state index is 11.6. The Labute approximate surface area is 107 Å². The Morgan fingerprint density at radius 2 is 2.06 bits per heavy atom. The molecule has 1 aromatic heterocycles. The van der Waals surface area contributed by atoms with Crippen LogP contribution < -0.4 is 5.32 Å². The van der Waals surface area contributed by atoms with Gasteiger partial charge in [-0.2, -0.15) is 0 Å². The summed E-state index contributed by atoms with van der Waals surface area (Å²) >= 11 is 0. The summed E-state index contributed by atoms with van der Waals surface area (Å²) in [6.45, 7) is 2.24. The molecule has 2 rings (SSSR count). The van der Waals surface area contributed by atoms with E-state index < -0.39 is 0 Å². The molecule has 0 aliphatic carbocycles. The molecule has 0 aliphatic rings. The molecule has 0 saturated heterocycles. The van der Waals surface area contributed by atoms with Gasteiger partial charge in [0.25, 0.3) is 0 Å². The molecule has 0 radical (unpaired) electrons. The van der Waals surface area contributed by atoms with E-state index in [1.807, 2.05) is 37.3 Å². The highest BCUT2D eigenvalue weighted by molar-refractivity contribution is 5.93. The van der Waals surface area contributed by atoms with Crippen LogP contribution in [0.5, 0.6) is 0 Å². The van der Waals surface area contributed by atoms with Crippen molar-refractivity contribution in [3.8, 4) is 0 Å². The number of benzene rings is 1. The molecule has 0 aliphatic heterocycles. The van der Waals surface area contributed by atoms with Crippen LogP contribution in [0.3, 0.4) is 0 Å². The Balaban J connectivity index is 2.30. The van der Waals surface area contributed by atoms with E-state index in [0.717, 1.165) is 22.3 Å². The highest BCUT2D eigenvalue weighted by Crippen LogP contribution is 2.22. The van der Waals surface area contributed by atoms with Crippen LogP contribution in [0.1, 0.15) is 5.69 Å². The van der Waals surface area contributed by atoms with Crippen molar-refractivity contribution in [1.82, 2.24) is 9.88 Å². The molecule has 94 valence electrons. The van der Waals surface area contributed by atoms with Crippen molar-refractivity contribution in [2.45, 2.75) is 6.92 Å². The number of nitrogens with one attached hydrogen (secondary N) is 1. The van der Waals surface area contributed by atoms with Gasteiger partial charge in [0.05, 0.1) is 12.1 Å². The van der Waals surface area contributed by atoms with Crippen molar-refractivity contribution in [1.29, 1.82) is 0 Å². The Hall–Kier alpha value is -2.10. The van der Waals surface area contributed by atoms with Gasteiger partial charge in [-0.3, -0.25) is 9.78 Å². The Bertz CT molecular complexity index is 578. The predicted molar refractivity (Wildman–Crippen MR) is 73.7 cm³/mol. The van der Waals surface area contributed by atoms with Crippen LogP contribution in [0.2, 0.25) is 0 Å². The number of para-hydroxylation sites is 1. The third kappa shape index (κ3) is 2.59. The number of fused-ring (bicyclic) bond motifs is 1. The number of nitrogens with zero attached hydrogens (tertiary/aromatic N) is 2. The molecule has 1 heterocycles. The number of anilines is 1. The first-order chi connectivity index (χ1) is 8.58. The van der Waals surface area contributed by atoms with Crippen molar-refractivity contribution in [2.24, 2.45) is 0 Å². The third-order valence-electron chi connectivity index (χ3n) is 2.77. The molecule has 0 bridgehead atoms. The van der Waals surface area contributed by atoms with E-state index in [2.05, 4.69) is 10.3 Å². The molecule has 18 heavy (non-hydrogen) atoms. The number of rotatable bonds is 3. The highest BCUT2D eigenvalue weighted by Gasteiger charge is 2.06. The van der Waals surface area contributed by atoms with Crippen molar-refractivity contribution < 1.29 is 4.79 Å². The first-order valence-corrected chi connectivity index (χ1v) is 5.88. The molecule has 0 unspecified atom stereocenters. The SMILES string of the molecule is Cc1cc(NCC(=O)N(C)C)c2ccccc2n1. The summed E-state index contributed by atoms with van der Waals surface area (Å²) in [6.07, 6.45) is 0. The average Bonchev–Trinajstić information content (AvgIpc) is 2.35. The largest absolute Gasteiger partial charge is 0.376 e. The first kappa shape index (κ1) is 12.4. The van der Waals surface area contributed by atoms with Crippen LogP contribution in [0, 0.1) is 6.92 Å². The van der Waals surface area contributed by atoms with Gasteiger partial charge in [0, 0.05) is 30.9 Å². The van der Waals surface area contributed by atoms with Crippen LogP contribution in [-0.2, 0) is 4.79 Å². The molecule has 4 heteroatoms. The van der Waals surface area contributed by atoms with Gasteiger partial charge in [0.15, 0.2) is 0 Å². The molecule has 1 amide bonds. The van der Waals surface area contributed by atoms with E-state index in [4.69, 9.17) is 0 Å². The van der Waals surface area contributed by atoms with Crippen molar-refractivity contribution in [3.63, 3.8) is 0 Å². The van der Waals surface area contributed by atoms with Gasteiger partial charge in [-0.1, -0.05) is 18.2 Å². The van der Waals surface area contributed by atoms with Gasteiger partial charge in [-0.05, 0) is 19.1 Å². The van der Waals surface area contributed by atoms with Crippen LogP contribution in [0.15, 0.2) is 30.3 Å². The minimum Gasteiger partial charge on any atom is -0.376 e. The lowest BCUT2D eigenvalue weighted by Gasteiger charge is -2.13. The molecule has 0 atom stereocenters. The molecular formula is C14H17N3O. The average molecular weight is 243 g/mol. The summed E-state index contributed by atoms with van der Waals surface area (Å²) in [5.41, 5.74) is 2.83. The molecule has 0 saturated carbocycles. The van der Waals surface area contributed by atoms with E-state index in [1.165, 1.54) is 0 Å². The second-order valence-electron chi connectivity index (χ2n) is 4.47. The fourth-order valence-corrected chi connectivity index (χ4v) is 1.78. The maximum Gasteiger partial charge on any atom is 0.241 e. The van der Waals surface area contributed by atoms with Gasteiger partial charge in [-0.25, -0.2) is 0 Å². The molecule has 0 spiro atoms. The second-order valence-corrected chi connectivity index (χ2v) is 4.47. The zero-order valence-corrected chi connectivity index (χ0v) is 10.9. The minimum atomic E-state index is 0.0496. The van der Waals surface area contributed by atoms with E-state index in [9.17, 15) is 4.79 Å². The zero-order valence-electron chi connectivity index (χ0n) is 10.9. The molecule has 4 nitrogen and oxygen atoms in total. The van der Waals surface area contributed by atoms with Crippen LogP contribution >= 0.6 is 0 Å². The Morgan fingerprint density at radius 1 is 1.33 bits per heavy atom. The summed E-state index contributed by atoms with van der Waals surface area (Å²) < 4.78 is 0. The summed E-state index contributed by atoms with van der Waals surface area (Å²) in [7, 11) is 3.50. The standard InChI is InChI=1S/C14H17N3O/c1-10-8-13(15-9-14(18)17(2)3)11-6-4-5-7-12(11)16-10/h4-8H,9H2,1-3H3,(H,15,16). The van der Waals surface area contributed by atoms with Gasteiger partial charge in [0.1, 0.15) is 0 Å². The van der Waals surface area contributed by atoms with E-state index >= 15 is 0 Å². The highest BCUT2D eigenvalue weighted by atomic mass is 16.2. The summed E-state index contributed by atoms with van der Waals surface area (Å²) in [5.74, 6) is 0.0496. The number of aryl methyl sites for hydroxylation is 1. The van der Waals surface area contributed by atoms with Crippen molar-refractivity contribution in [3.05, 3.63) is 36.0 Å². The maximum atomic E-state index is 11.6.